The van der Waals surface area contributed by atoms with E-state index in [-0.39, 0.29) is 6.10 Å². The molecule has 1 aliphatic heterocycles. The van der Waals surface area contributed by atoms with Crippen molar-refractivity contribution in [3.8, 4) is 5.75 Å². The molecule has 1 atom stereocenters. The molecule has 0 saturated heterocycles. The molecule has 0 radical (unpaired) electrons. The zero-order chi connectivity index (χ0) is 14.2. The molecule has 1 unspecified atom stereocenters. The van der Waals surface area contributed by atoms with Crippen molar-refractivity contribution in [2.75, 3.05) is 11.4 Å². The maximum atomic E-state index is 12.2. The standard InChI is InChI=1S/C13H17BrN2O3/c1-8-7-16(12(17)19-13(2,3)4)11-10(18-8)5-9(14)6-15-11/h5-6,8H,7H2,1-4H3. The van der Waals surface area contributed by atoms with E-state index in [9.17, 15) is 4.79 Å². The fraction of sp³-hybridized carbons (Fsp3) is 0.538. The van der Waals surface area contributed by atoms with Gasteiger partial charge in [-0.2, -0.15) is 0 Å². The van der Waals surface area contributed by atoms with Crippen LogP contribution in [0.3, 0.4) is 0 Å². The van der Waals surface area contributed by atoms with Gasteiger partial charge in [0.15, 0.2) is 11.6 Å². The second kappa shape index (κ2) is 5.00. The normalized spacial score (nSPS) is 18.6. The van der Waals surface area contributed by atoms with Crippen LogP contribution in [0, 0.1) is 0 Å². The van der Waals surface area contributed by atoms with Gasteiger partial charge in [-0.1, -0.05) is 0 Å². The fourth-order valence-corrected chi connectivity index (χ4v) is 2.09. The number of fused-ring (bicyclic) bond motifs is 1. The van der Waals surface area contributed by atoms with E-state index in [0.717, 1.165) is 4.47 Å². The number of pyridine rings is 1. The number of aromatic nitrogens is 1. The largest absolute Gasteiger partial charge is 0.485 e. The van der Waals surface area contributed by atoms with Crippen LogP contribution in [0.1, 0.15) is 27.7 Å². The van der Waals surface area contributed by atoms with Gasteiger partial charge in [0.05, 0.1) is 6.54 Å². The molecule has 0 N–H and O–H groups in total. The third-order valence-electron chi connectivity index (χ3n) is 2.44. The average molecular weight is 329 g/mol. The summed E-state index contributed by atoms with van der Waals surface area (Å²) in [5, 5.41) is 0. The first-order valence-electron chi connectivity index (χ1n) is 6.09. The second-order valence-electron chi connectivity index (χ2n) is 5.49. The lowest BCUT2D eigenvalue weighted by molar-refractivity contribution is 0.0550. The molecule has 19 heavy (non-hydrogen) atoms. The Bertz CT molecular complexity index is 499. The Balaban J connectivity index is 2.30. The predicted molar refractivity (Wildman–Crippen MR) is 75.6 cm³/mol. The van der Waals surface area contributed by atoms with Crippen LogP contribution < -0.4 is 9.64 Å². The Morgan fingerprint density at radius 2 is 2.26 bits per heavy atom. The van der Waals surface area contributed by atoms with Gasteiger partial charge < -0.3 is 9.47 Å². The Morgan fingerprint density at radius 1 is 1.58 bits per heavy atom. The first-order valence-corrected chi connectivity index (χ1v) is 6.88. The second-order valence-corrected chi connectivity index (χ2v) is 6.41. The molecule has 104 valence electrons. The van der Waals surface area contributed by atoms with Crippen molar-refractivity contribution < 1.29 is 14.3 Å². The lowest BCUT2D eigenvalue weighted by atomic mass is 10.2. The third-order valence-corrected chi connectivity index (χ3v) is 2.87. The maximum Gasteiger partial charge on any atom is 0.416 e. The predicted octanol–water partition coefficient (Wildman–Crippen LogP) is 3.37. The van der Waals surface area contributed by atoms with Crippen molar-refractivity contribution in [2.24, 2.45) is 0 Å². The summed E-state index contributed by atoms with van der Waals surface area (Å²) >= 11 is 3.34. The number of halogens is 1. The van der Waals surface area contributed by atoms with Crippen LogP contribution in [-0.4, -0.2) is 29.3 Å². The van der Waals surface area contributed by atoms with Crippen LogP contribution in [0.4, 0.5) is 10.6 Å². The molecule has 0 aliphatic carbocycles. The number of amides is 1. The van der Waals surface area contributed by atoms with Gasteiger partial charge in [0.2, 0.25) is 0 Å². The van der Waals surface area contributed by atoms with E-state index < -0.39 is 11.7 Å². The molecule has 0 saturated carbocycles. The minimum absolute atomic E-state index is 0.101. The van der Waals surface area contributed by atoms with Gasteiger partial charge >= 0.3 is 6.09 Å². The van der Waals surface area contributed by atoms with Gasteiger partial charge in [0.1, 0.15) is 11.7 Å². The van der Waals surface area contributed by atoms with Crippen molar-refractivity contribution in [3.63, 3.8) is 0 Å². The molecule has 2 rings (SSSR count). The number of hydrogen-bond donors (Lipinski definition) is 0. The Kier molecular flexibility index (Phi) is 3.71. The number of carbonyl (C=O) groups excluding carboxylic acids is 1. The van der Waals surface area contributed by atoms with Crippen molar-refractivity contribution in [3.05, 3.63) is 16.7 Å². The van der Waals surface area contributed by atoms with E-state index in [4.69, 9.17) is 9.47 Å². The van der Waals surface area contributed by atoms with Crippen LogP contribution in [0.5, 0.6) is 5.75 Å². The molecule has 1 aliphatic rings. The molecule has 2 heterocycles. The highest BCUT2D eigenvalue weighted by molar-refractivity contribution is 9.10. The van der Waals surface area contributed by atoms with Gasteiger partial charge in [0, 0.05) is 10.7 Å². The lowest BCUT2D eigenvalue weighted by Crippen LogP contribution is -2.45. The number of nitrogens with zero attached hydrogens (tertiary/aromatic N) is 2. The molecular weight excluding hydrogens is 312 g/mol. The quantitative estimate of drug-likeness (QED) is 0.732. The van der Waals surface area contributed by atoms with Crippen molar-refractivity contribution in [1.29, 1.82) is 0 Å². The molecular formula is C13H17BrN2O3. The molecule has 0 spiro atoms. The van der Waals surface area contributed by atoms with E-state index >= 15 is 0 Å². The first-order chi connectivity index (χ1) is 8.76. The van der Waals surface area contributed by atoms with Gasteiger partial charge in [-0.05, 0) is 49.7 Å². The number of hydrogen-bond acceptors (Lipinski definition) is 4. The number of anilines is 1. The summed E-state index contributed by atoms with van der Waals surface area (Å²) in [5.41, 5.74) is -0.534. The average Bonchev–Trinajstić information content (AvgIpc) is 2.24. The summed E-state index contributed by atoms with van der Waals surface area (Å²) in [4.78, 5) is 18.0. The highest BCUT2D eigenvalue weighted by atomic mass is 79.9. The van der Waals surface area contributed by atoms with Gasteiger partial charge in [-0.15, -0.1) is 0 Å². The summed E-state index contributed by atoms with van der Waals surface area (Å²) in [6, 6.07) is 1.80. The van der Waals surface area contributed by atoms with E-state index in [2.05, 4.69) is 20.9 Å². The Hall–Kier alpha value is -1.30. The van der Waals surface area contributed by atoms with E-state index in [1.165, 1.54) is 4.90 Å². The summed E-state index contributed by atoms with van der Waals surface area (Å²) in [6.45, 7) is 7.85. The molecule has 0 bridgehead atoms. The monoisotopic (exact) mass is 328 g/mol. The Labute approximate surface area is 121 Å². The van der Waals surface area contributed by atoms with Gasteiger partial charge in [-0.25, -0.2) is 9.78 Å². The SMILES string of the molecule is CC1CN(C(=O)OC(C)(C)C)c2ncc(Br)cc2O1. The van der Waals surface area contributed by atoms with E-state index in [0.29, 0.717) is 18.1 Å². The summed E-state index contributed by atoms with van der Waals surface area (Å²) in [5.74, 6) is 1.08. The highest BCUT2D eigenvalue weighted by Crippen LogP contribution is 2.34. The molecule has 5 nitrogen and oxygen atoms in total. The zero-order valence-electron chi connectivity index (χ0n) is 11.4. The molecule has 0 fully saturated rings. The summed E-state index contributed by atoms with van der Waals surface area (Å²) < 4.78 is 11.9. The minimum Gasteiger partial charge on any atom is -0.485 e. The summed E-state index contributed by atoms with van der Waals surface area (Å²) in [6.07, 6.45) is 1.13. The fourth-order valence-electron chi connectivity index (χ4n) is 1.78. The Morgan fingerprint density at radius 3 is 2.89 bits per heavy atom. The van der Waals surface area contributed by atoms with Crippen LogP contribution >= 0.6 is 15.9 Å². The molecule has 6 heteroatoms. The van der Waals surface area contributed by atoms with Crippen LogP contribution in [0.2, 0.25) is 0 Å². The highest BCUT2D eigenvalue weighted by Gasteiger charge is 2.32. The van der Waals surface area contributed by atoms with Crippen molar-refractivity contribution in [2.45, 2.75) is 39.4 Å². The topological polar surface area (TPSA) is 51.7 Å². The van der Waals surface area contributed by atoms with Gasteiger partial charge in [-0.3, -0.25) is 4.90 Å². The van der Waals surface area contributed by atoms with Crippen molar-refractivity contribution >= 4 is 27.8 Å². The van der Waals surface area contributed by atoms with Crippen molar-refractivity contribution in [1.82, 2.24) is 4.98 Å². The lowest BCUT2D eigenvalue weighted by Gasteiger charge is -2.33. The molecule has 0 aromatic carbocycles. The van der Waals surface area contributed by atoms with E-state index in [1.807, 2.05) is 27.7 Å². The smallest absolute Gasteiger partial charge is 0.416 e. The van der Waals surface area contributed by atoms with Crippen LogP contribution in [0.15, 0.2) is 16.7 Å². The minimum atomic E-state index is -0.534. The maximum absolute atomic E-state index is 12.2. The first kappa shape index (κ1) is 14.1. The molecule has 1 amide bonds. The number of ether oxygens (including phenoxy) is 2. The zero-order valence-corrected chi connectivity index (χ0v) is 13.0. The number of carbonyl (C=O) groups is 1. The number of rotatable bonds is 0. The van der Waals surface area contributed by atoms with Crippen LogP contribution in [0.25, 0.3) is 0 Å². The molecule has 1 aromatic heterocycles. The van der Waals surface area contributed by atoms with Gasteiger partial charge in [0.25, 0.3) is 0 Å². The third kappa shape index (κ3) is 3.37. The summed E-state index contributed by atoms with van der Waals surface area (Å²) in [7, 11) is 0. The molecule has 1 aromatic rings. The van der Waals surface area contributed by atoms with E-state index in [1.54, 1.807) is 12.3 Å². The van der Waals surface area contributed by atoms with Crippen LogP contribution in [-0.2, 0) is 4.74 Å².